The van der Waals surface area contributed by atoms with Gasteiger partial charge in [0.15, 0.2) is 0 Å². The van der Waals surface area contributed by atoms with Gasteiger partial charge in [0, 0.05) is 16.6 Å². The molecule has 3 heterocycles. The third-order valence-corrected chi connectivity index (χ3v) is 8.68. The molecule has 0 aliphatic carbocycles. The molecule has 3 unspecified atom stereocenters. The fourth-order valence-electron chi connectivity index (χ4n) is 6.42. The molecule has 7 atom stereocenters. The summed E-state index contributed by atoms with van der Waals surface area (Å²) in [5, 5.41) is 16.4. The highest BCUT2D eigenvalue weighted by Crippen LogP contribution is 2.61. The van der Waals surface area contributed by atoms with Crippen LogP contribution in [0.4, 0.5) is 5.69 Å². The molecule has 3 fully saturated rings. The maximum atomic E-state index is 14.3. The monoisotopic (exact) mass is 599 g/mol. The average Bonchev–Trinajstić information content (AvgIpc) is 3.50. The first-order chi connectivity index (χ1) is 18.7. The predicted octanol–water partition coefficient (Wildman–Crippen LogP) is 3.03. The van der Waals surface area contributed by atoms with Gasteiger partial charge in [0.05, 0.1) is 37.2 Å². The zero-order chi connectivity index (χ0) is 27.9. The number of ether oxygens (including phenoxy) is 2. The van der Waals surface area contributed by atoms with Gasteiger partial charge in [0.25, 0.3) is 0 Å². The summed E-state index contributed by atoms with van der Waals surface area (Å²) in [4.78, 5) is 43.0. The Morgan fingerprint density at radius 3 is 2.46 bits per heavy atom. The molecule has 0 aromatic heterocycles. The summed E-state index contributed by atoms with van der Waals surface area (Å²) in [6.07, 6.45) is -0.192. The van der Waals surface area contributed by atoms with E-state index in [1.54, 1.807) is 24.3 Å². The van der Waals surface area contributed by atoms with Crippen LogP contribution in [0.25, 0.3) is 0 Å². The van der Waals surface area contributed by atoms with Crippen molar-refractivity contribution in [2.75, 3.05) is 18.5 Å². The topological polar surface area (TPSA) is 117 Å². The Bertz CT molecular complexity index is 1230. The van der Waals surface area contributed by atoms with Gasteiger partial charge in [-0.15, -0.1) is 0 Å². The van der Waals surface area contributed by atoms with E-state index in [1.807, 2.05) is 51.1 Å². The van der Waals surface area contributed by atoms with Crippen LogP contribution in [0.5, 0.6) is 5.75 Å². The second kappa shape index (κ2) is 10.9. The van der Waals surface area contributed by atoms with E-state index in [-0.39, 0.29) is 35.2 Å². The Labute approximate surface area is 236 Å². The Hall–Kier alpha value is -2.95. The van der Waals surface area contributed by atoms with Crippen LogP contribution in [0, 0.1) is 11.8 Å². The molecule has 5 rings (SSSR count). The quantitative estimate of drug-likeness (QED) is 0.381. The lowest BCUT2D eigenvalue weighted by Crippen LogP contribution is -2.57. The number of benzene rings is 2. The normalized spacial score (nSPS) is 29.8. The lowest BCUT2D eigenvalue weighted by Gasteiger charge is -2.37. The minimum absolute atomic E-state index is 0.175. The summed E-state index contributed by atoms with van der Waals surface area (Å²) < 4.78 is 12.0. The standard InChI is InChI=1S/C29H34BrN3O6/c1-4-38-19-12-10-18(11-13-19)32-26(35)22-23-28(37)33(21(15-34)17-8-6-5-7-9-17)25(27(36)31-16(2)3)29(23)14-20(30)24(22)39-29/h5-13,16,20-25,34H,4,14-15H2,1-3H3,(H,31,36)(H,32,35)/t20?,21-,22+,23+,24+,25?,29?/m1/s1. The summed E-state index contributed by atoms with van der Waals surface area (Å²) in [6.45, 7) is 5.75. The minimum atomic E-state index is -1.21. The van der Waals surface area contributed by atoms with Crippen LogP contribution in [0.15, 0.2) is 54.6 Å². The lowest BCUT2D eigenvalue weighted by molar-refractivity contribution is -0.145. The highest BCUT2D eigenvalue weighted by Gasteiger charge is 2.77. The van der Waals surface area contributed by atoms with Crippen molar-refractivity contribution in [1.29, 1.82) is 0 Å². The van der Waals surface area contributed by atoms with Crippen molar-refractivity contribution in [1.82, 2.24) is 10.2 Å². The number of alkyl halides is 1. The number of carbonyl (C=O) groups is 3. The summed E-state index contributed by atoms with van der Waals surface area (Å²) >= 11 is 3.68. The van der Waals surface area contributed by atoms with Crippen LogP contribution in [0.3, 0.4) is 0 Å². The van der Waals surface area contributed by atoms with E-state index in [1.165, 1.54) is 4.90 Å². The van der Waals surface area contributed by atoms with Crippen LogP contribution in [0.1, 0.15) is 38.8 Å². The number of nitrogens with zero attached hydrogens (tertiary/aromatic N) is 1. The van der Waals surface area contributed by atoms with Gasteiger partial charge in [0.1, 0.15) is 17.4 Å². The molecule has 0 saturated carbocycles. The third kappa shape index (κ3) is 4.72. The first-order valence-corrected chi connectivity index (χ1v) is 14.3. The number of fused-ring (bicyclic) bond motifs is 1. The van der Waals surface area contributed by atoms with E-state index >= 15 is 0 Å². The van der Waals surface area contributed by atoms with Crippen LogP contribution in [-0.2, 0) is 19.1 Å². The van der Waals surface area contributed by atoms with Gasteiger partial charge in [-0.3, -0.25) is 14.4 Å². The van der Waals surface area contributed by atoms with Crippen molar-refractivity contribution >= 4 is 39.3 Å². The highest BCUT2D eigenvalue weighted by molar-refractivity contribution is 9.09. The number of aliphatic hydroxyl groups excluding tert-OH is 1. The molecular weight excluding hydrogens is 566 g/mol. The van der Waals surface area contributed by atoms with E-state index in [9.17, 15) is 19.5 Å². The molecule has 2 aromatic carbocycles. The summed E-state index contributed by atoms with van der Waals surface area (Å²) in [5.41, 5.74) is 0.0606. The van der Waals surface area contributed by atoms with E-state index in [2.05, 4.69) is 26.6 Å². The van der Waals surface area contributed by atoms with Crippen molar-refractivity contribution in [3.05, 3.63) is 60.2 Å². The number of halogens is 1. The second-order valence-electron chi connectivity index (χ2n) is 10.6. The molecule has 208 valence electrons. The molecule has 10 heteroatoms. The number of carbonyl (C=O) groups excluding carboxylic acids is 3. The van der Waals surface area contributed by atoms with E-state index in [0.717, 1.165) is 0 Å². The fraction of sp³-hybridized carbons (Fsp3) is 0.483. The van der Waals surface area contributed by atoms with Crippen molar-refractivity contribution in [3.63, 3.8) is 0 Å². The summed E-state index contributed by atoms with van der Waals surface area (Å²) in [6, 6.07) is 14.2. The number of nitrogens with one attached hydrogen (secondary N) is 2. The zero-order valence-corrected chi connectivity index (χ0v) is 23.8. The number of anilines is 1. The number of likely N-dealkylation sites (tertiary alicyclic amines) is 1. The molecule has 2 aromatic rings. The number of aliphatic hydroxyl groups is 1. The largest absolute Gasteiger partial charge is 0.494 e. The first-order valence-electron chi connectivity index (χ1n) is 13.4. The Balaban J connectivity index is 1.52. The molecule has 9 nitrogen and oxygen atoms in total. The molecule has 3 N–H and O–H groups in total. The van der Waals surface area contributed by atoms with Gasteiger partial charge in [0.2, 0.25) is 17.7 Å². The third-order valence-electron chi connectivity index (χ3n) is 7.84. The average molecular weight is 601 g/mol. The number of hydrogen-bond acceptors (Lipinski definition) is 6. The lowest BCUT2D eigenvalue weighted by atomic mass is 9.70. The molecule has 0 radical (unpaired) electrons. The molecular formula is C29H34BrN3O6. The van der Waals surface area contributed by atoms with Crippen molar-refractivity contribution < 1.29 is 29.0 Å². The Morgan fingerprint density at radius 1 is 1.15 bits per heavy atom. The van der Waals surface area contributed by atoms with Crippen molar-refractivity contribution in [2.24, 2.45) is 11.8 Å². The molecule has 3 saturated heterocycles. The SMILES string of the molecule is CCOc1ccc(NC(=O)[C@H]2[C@H]3C(=O)N([C@H](CO)c4ccccc4)C(C(=O)NC(C)C)C34CC(Br)[C@@H]2O4)cc1. The van der Waals surface area contributed by atoms with Gasteiger partial charge in [-0.25, -0.2) is 0 Å². The van der Waals surface area contributed by atoms with E-state index < -0.39 is 35.6 Å². The fourth-order valence-corrected chi connectivity index (χ4v) is 7.36. The molecule has 1 spiro atoms. The minimum Gasteiger partial charge on any atom is -0.494 e. The molecule has 2 bridgehead atoms. The van der Waals surface area contributed by atoms with Crippen LogP contribution >= 0.6 is 15.9 Å². The van der Waals surface area contributed by atoms with Crippen molar-refractivity contribution in [2.45, 2.75) is 61.8 Å². The smallest absolute Gasteiger partial charge is 0.246 e. The van der Waals surface area contributed by atoms with Crippen LogP contribution in [0.2, 0.25) is 0 Å². The summed E-state index contributed by atoms with van der Waals surface area (Å²) in [5.74, 6) is -2.08. The first kappa shape index (κ1) is 27.6. The molecule has 3 aliphatic heterocycles. The second-order valence-corrected chi connectivity index (χ2v) is 11.8. The van der Waals surface area contributed by atoms with E-state index in [0.29, 0.717) is 30.0 Å². The van der Waals surface area contributed by atoms with Gasteiger partial charge in [-0.05, 0) is 57.0 Å². The van der Waals surface area contributed by atoms with Crippen LogP contribution < -0.4 is 15.4 Å². The summed E-state index contributed by atoms with van der Waals surface area (Å²) in [7, 11) is 0. The molecule has 3 aliphatic rings. The van der Waals surface area contributed by atoms with Crippen LogP contribution in [-0.4, -0.2) is 69.6 Å². The van der Waals surface area contributed by atoms with Gasteiger partial charge in [-0.2, -0.15) is 0 Å². The number of hydrogen-bond donors (Lipinski definition) is 3. The highest BCUT2D eigenvalue weighted by atomic mass is 79.9. The maximum absolute atomic E-state index is 14.3. The van der Waals surface area contributed by atoms with Crippen molar-refractivity contribution in [3.8, 4) is 5.75 Å². The molecule has 39 heavy (non-hydrogen) atoms. The van der Waals surface area contributed by atoms with E-state index in [4.69, 9.17) is 9.47 Å². The van der Waals surface area contributed by atoms with Gasteiger partial charge in [-0.1, -0.05) is 46.3 Å². The van der Waals surface area contributed by atoms with Gasteiger partial charge < -0.3 is 30.1 Å². The number of amides is 3. The zero-order valence-electron chi connectivity index (χ0n) is 22.2. The molecule has 3 amide bonds. The predicted molar refractivity (Wildman–Crippen MR) is 148 cm³/mol. The Morgan fingerprint density at radius 2 is 1.85 bits per heavy atom. The maximum Gasteiger partial charge on any atom is 0.246 e. The van der Waals surface area contributed by atoms with Gasteiger partial charge >= 0.3 is 0 Å². The Kier molecular flexibility index (Phi) is 7.72. The number of rotatable bonds is 9.